The van der Waals surface area contributed by atoms with E-state index in [4.69, 9.17) is 18.9 Å². The molecule has 0 amide bonds. The highest BCUT2D eigenvalue weighted by Gasteiger charge is 2.84. The average Bonchev–Trinajstić information content (AvgIpc) is 3.57. The minimum atomic E-state index is -1.25. The fourth-order valence-corrected chi connectivity index (χ4v) is 13.6. The Hall–Kier alpha value is -0.770. The van der Waals surface area contributed by atoms with Crippen molar-refractivity contribution < 1.29 is 34.0 Å². The number of aliphatic hydroxyl groups is 2. The number of hydrogen-bond acceptors (Lipinski definition) is 8. The van der Waals surface area contributed by atoms with Crippen molar-refractivity contribution in [1.29, 1.82) is 0 Å². The number of ether oxygens (including phenoxy) is 4. The number of likely N-dealkylation sites (N-methyl/N-ethyl adjacent to an activating group) is 1. The standard InChI is InChI=1S/C37H61NO7/c1-21-18-23(31(33(5,6)41)43-22(2)39)44-29-28(21)34(7)14-15-37-20-36(37)13-12-26(45-27-19-38(9)16-17-42-27)32(3,4)24(36)10-11-25(37)35(34,8)30(29)40/h21,23-31,40-41H,10-20H2,1-9H3/t21-,23?,24+,25?,26+,27+,28+,29?,30+,31+,34-,35-,36?,37+/m1/s1. The van der Waals surface area contributed by atoms with Crippen LogP contribution in [0, 0.1) is 50.7 Å². The Balaban J connectivity index is 1.15. The highest BCUT2D eigenvalue weighted by atomic mass is 16.7. The van der Waals surface area contributed by atoms with Gasteiger partial charge in [0.25, 0.3) is 0 Å². The molecule has 14 atom stereocenters. The van der Waals surface area contributed by atoms with Gasteiger partial charge in [-0.15, -0.1) is 0 Å². The molecule has 2 aliphatic heterocycles. The van der Waals surface area contributed by atoms with Crippen LogP contribution in [0.15, 0.2) is 0 Å². The molecule has 2 N–H and O–H groups in total. The fraction of sp³-hybridized carbons (Fsp3) is 0.973. The molecule has 0 radical (unpaired) electrons. The maximum Gasteiger partial charge on any atom is 0.303 e. The van der Waals surface area contributed by atoms with Crippen LogP contribution >= 0.6 is 0 Å². The summed E-state index contributed by atoms with van der Waals surface area (Å²) in [7, 11) is 2.15. The number of fused-ring (bicyclic) bond motifs is 4. The molecule has 256 valence electrons. The van der Waals surface area contributed by atoms with Gasteiger partial charge >= 0.3 is 5.97 Å². The molecule has 7 fully saturated rings. The molecule has 8 heteroatoms. The minimum absolute atomic E-state index is 0.0418. The van der Waals surface area contributed by atoms with Crippen molar-refractivity contribution in [2.24, 2.45) is 50.7 Å². The molecule has 2 heterocycles. The summed E-state index contributed by atoms with van der Waals surface area (Å²) in [4.78, 5) is 14.4. The van der Waals surface area contributed by atoms with Gasteiger partial charge in [-0.25, -0.2) is 0 Å². The van der Waals surface area contributed by atoms with Gasteiger partial charge in [0.1, 0.15) is 0 Å². The summed E-state index contributed by atoms with van der Waals surface area (Å²) in [5.41, 5.74) is -0.869. The summed E-state index contributed by atoms with van der Waals surface area (Å²) >= 11 is 0. The first-order chi connectivity index (χ1) is 20.9. The van der Waals surface area contributed by atoms with E-state index in [1.165, 1.54) is 32.6 Å². The van der Waals surface area contributed by atoms with Crippen LogP contribution in [0.3, 0.4) is 0 Å². The van der Waals surface area contributed by atoms with E-state index in [0.717, 1.165) is 39.0 Å². The lowest BCUT2D eigenvalue weighted by atomic mass is 9.41. The molecule has 5 saturated carbocycles. The molecule has 0 aromatic heterocycles. The van der Waals surface area contributed by atoms with Crippen LogP contribution in [0.25, 0.3) is 0 Å². The van der Waals surface area contributed by atoms with E-state index in [1.54, 1.807) is 13.8 Å². The van der Waals surface area contributed by atoms with Crippen molar-refractivity contribution in [1.82, 2.24) is 4.90 Å². The Labute approximate surface area is 271 Å². The second kappa shape index (κ2) is 10.4. The Morgan fingerprint density at radius 2 is 1.73 bits per heavy atom. The molecule has 0 aromatic rings. The third-order valence-corrected chi connectivity index (χ3v) is 15.6. The summed E-state index contributed by atoms with van der Waals surface area (Å²) < 4.78 is 25.4. The first kappa shape index (κ1) is 32.8. The predicted molar refractivity (Wildman–Crippen MR) is 170 cm³/mol. The Bertz CT molecular complexity index is 1190. The monoisotopic (exact) mass is 631 g/mol. The number of aliphatic hydroxyl groups excluding tert-OH is 1. The second-order valence-electron chi connectivity index (χ2n) is 18.4. The van der Waals surface area contributed by atoms with Crippen molar-refractivity contribution in [3.05, 3.63) is 0 Å². The molecule has 45 heavy (non-hydrogen) atoms. The number of nitrogens with zero attached hydrogens (tertiary/aromatic N) is 1. The lowest BCUT2D eigenvalue weighted by Crippen LogP contribution is -2.60. The van der Waals surface area contributed by atoms with Gasteiger partial charge in [-0.1, -0.05) is 34.6 Å². The van der Waals surface area contributed by atoms with Crippen LogP contribution in [-0.2, 0) is 23.7 Å². The van der Waals surface area contributed by atoms with E-state index in [9.17, 15) is 15.0 Å². The molecular weight excluding hydrogens is 570 g/mol. The number of hydrogen-bond donors (Lipinski definition) is 2. The summed E-state index contributed by atoms with van der Waals surface area (Å²) in [6.45, 7) is 19.4. The highest BCUT2D eigenvalue weighted by Crippen LogP contribution is 2.89. The van der Waals surface area contributed by atoms with Crippen LogP contribution in [-0.4, -0.2) is 90.2 Å². The molecular formula is C37H61NO7. The fourth-order valence-electron chi connectivity index (χ4n) is 13.6. The number of carbonyl (C=O) groups excluding carboxylic acids is 1. The molecule has 7 rings (SSSR count). The van der Waals surface area contributed by atoms with E-state index < -0.39 is 29.9 Å². The van der Waals surface area contributed by atoms with E-state index in [0.29, 0.717) is 23.7 Å². The van der Waals surface area contributed by atoms with Gasteiger partial charge in [0.05, 0.1) is 36.6 Å². The van der Waals surface area contributed by atoms with Gasteiger partial charge in [-0.3, -0.25) is 9.69 Å². The van der Waals surface area contributed by atoms with E-state index in [2.05, 4.69) is 46.6 Å². The third kappa shape index (κ3) is 4.40. The van der Waals surface area contributed by atoms with Gasteiger partial charge < -0.3 is 29.2 Å². The van der Waals surface area contributed by atoms with Gasteiger partial charge in [-0.2, -0.15) is 0 Å². The first-order valence-corrected chi connectivity index (χ1v) is 18.1. The molecule has 4 unspecified atom stereocenters. The van der Waals surface area contributed by atoms with Crippen molar-refractivity contribution >= 4 is 5.97 Å². The first-order valence-electron chi connectivity index (χ1n) is 18.1. The van der Waals surface area contributed by atoms with Gasteiger partial charge in [0, 0.05) is 25.4 Å². The van der Waals surface area contributed by atoms with Crippen LogP contribution in [0.4, 0.5) is 0 Å². The molecule has 0 bridgehead atoms. The van der Waals surface area contributed by atoms with E-state index in [1.807, 2.05) is 0 Å². The van der Waals surface area contributed by atoms with Crippen LogP contribution in [0.5, 0.6) is 0 Å². The van der Waals surface area contributed by atoms with E-state index in [-0.39, 0.29) is 52.0 Å². The zero-order chi connectivity index (χ0) is 32.5. The molecule has 0 aromatic carbocycles. The summed E-state index contributed by atoms with van der Waals surface area (Å²) in [5, 5.41) is 23.5. The van der Waals surface area contributed by atoms with Crippen LogP contribution in [0.2, 0.25) is 0 Å². The predicted octanol–water partition coefficient (Wildman–Crippen LogP) is 5.18. The topological polar surface area (TPSA) is 97.7 Å². The molecule has 5 aliphatic carbocycles. The number of morpholine rings is 1. The van der Waals surface area contributed by atoms with Crippen LogP contribution in [0.1, 0.15) is 107 Å². The average molecular weight is 632 g/mol. The van der Waals surface area contributed by atoms with E-state index >= 15 is 0 Å². The molecule has 2 spiro atoms. The highest BCUT2D eigenvalue weighted by molar-refractivity contribution is 5.66. The van der Waals surface area contributed by atoms with Crippen molar-refractivity contribution in [2.75, 3.05) is 26.7 Å². The summed E-state index contributed by atoms with van der Waals surface area (Å²) in [6, 6.07) is 0. The number of carbonyl (C=O) groups is 1. The SMILES string of the molecule is CC(=O)O[C@@H](C1C[C@@H](C)[C@H]2C(O1)[C@H](O)[C@@]1(C)C3CC[C@H]4C(C)(C)[C@@H](O[C@H]5CN(C)CCO5)CCC45C[C@@]35CC[C@]21C)C(C)(C)O. The lowest BCUT2D eigenvalue weighted by Gasteiger charge is -2.64. The minimum Gasteiger partial charge on any atom is -0.457 e. The number of rotatable bonds is 5. The zero-order valence-corrected chi connectivity index (χ0v) is 29.4. The smallest absolute Gasteiger partial charge is 0.303 e. The third-order valence-electron chi connectivity index (χ3n) is 15.6. The second-order valence-corrected chi connectivity index (χ2v) is 18.4. The van der Waals surface area contributed by atoms with Crippen molar-refractivity contribution in [3.8, 4) is 0 Å². The zero-order valence-electron chi connectivity index (χ0n) is 29.4. The Morgan fingerprint density at radius 3 is 2.40 bits per heavy atom. The summed E-state index contributed by atoms with van der Waals surface area (Å²) in [6.07, 6.45) is 6.89. The normalized spacial score (nSPS) is 52.8. The number of esters is 1. The maximum absolute atomic E-state index is 12.5. The maximum atomic E-state index is 12.5. The van der Waals surface area contributed by atoms with Crippen molar-refractivity contribution in [3.63, 3.8) is 0 Å². The quantitative estimate of drug-likeness (QED) is 0.401. The molecule has 8 nitrogen and oxygen atoms in total. The van der Waals surface area contributed by atoms with Gasteiger partial charge in [-0.05, 0) is 118 Å². The summed E-state index contributed by atoms with van der Waals surface area (Å²) in [5.74, 6) is 1.16. The molecule has 7 aliphatic rings. The lowest BCUT2D eigenvalue weighted by molar-refractivity contribution is -0.247. The van der Waals surface area contributed by atoms with Crippen LogP contribution < -0.4 is 0 Å². The van der Waals surface area contributed by atoms with Gasteiger partial charge in [0.15, 0.2) is 12.4 Å². The Morgan fingerprint density at radius 1 is 1.04 bits per heavy atom. The molecule has 2 saturated heterocycles. The Kier molecular flexibility index (Phi) is 7.55. The largest absolute Gasteiger partial charge is 0.457 e. The van der Waals surface area contributed by atoms with Gasteiger partial charge in [0.2, 0.25) is 0 Å². The van der Waals surface area contributed by atoms with Crippen molar-refractivity contribution in [2.45, 2.75) is 149 Å².